The first-order chi connectivity index (χ1) is 18.0. The molecular weight excluding hydrogens is 468 g/mol. The summed E-state index contributed by atoms with van der Waals surface area (Å²) in [7, 11) is 0. The second-order valence-electron chi connectivity index (χ2n) is 8.11. The number of aromatic hydroxyl groups is 1. The van der Waals surface area contributed by atoms with Gasteiger partial charge in [-0.2, -0.15) is 10.4 Å². The number of phenols is 1. The fourth-order valence-electron chi connectivity index (χ4n) is 3.73. The summed E-state index contributed by atoms with van der Waals surface area (Å²) in [6.07, 6.45) is 1.35. The molecule has 4 rings (SSSR count). The number of carbonyl (C=O) groups is 2. The second-order valence-corrected chi connectivity index (χ2v) is 8.11. The molecule has 0 spiro atoms. The lowest BCUT2D eigenvalue weighted by atomic mass is 10.0. The summed E-state index contributed by atoms with van der Waals surface area (Å²) in [5.74, 6) is -0.349. The number of hydrogen-bond acceptors (Lipinski definition) is 6. The highest BCUT2D eigenvalue weighted by atomic mass is 16.5. The molecule has 37 heavy (non-hydrogen) atoms. The third-order valence-electron chi connectivity index (χ3n) is 5.65. The molecule has 184 valence electrons. The minimum Gasteiger partial charge on any atom is -0.507 e. The number of hydrazone groups is 1. The van der Waals surface area contributed by atoms with E-state index in [4.69, 9.17) is 10.00 Å². The fraction of sp³-hybridized carbons (Fsp3) is 0.103. The molecule has 0 aliphatic rings. The molecule has 1 unspecified atom stereocenters. The summed E-state index contributed by atoms with van der Waals surface area (Å²) < 4.78 is 5.86. The Morgan fingerprint density at radius 2 is 1.76 bits per heavy atom. The van der Waals surface area contributed by atoms with E-state index < -0.39 is 12.0 Å². The Labute approximate surface area is 213 Å². The van der Waals surface area contributed by atoms with Crippen molar-refractivity contribution in [1.82, 2.24) is 5.43 Å². The highest BCUT2D eigenvalue weighted by molar-refractivity contribution is 6.09. The van der Waals surface area contributed by atoms with E-state index in [9.17, 15) is 14.7 Å². The van der Waals surface area contributed by atoms with E-state index >= 15 is 0 Å². The van der Waals surface area contributed by atoms with Crippen LogP contribution < -0.4 is 15.5 Å². The van der Waals surface area contributed by atoms with Gasteiger partial charge in [0.05, 0.1) is 11.8 Å². The van der Waals surface area contributed by atoms with E-state index in [0.29, 0.717) is 17.9 Å². The van der Waals surface area contributed by atoms with E-state index in [-0.39, 0.29) is 22.8 Å². The smallest absolute Gasteiger partial charge is 0.271 e. The number of nitrogens with zero attached hydrogens (tertiary/aromatic N) is 2. The van der Waals surface area contributed by atoms with Crippen molar-refractivity contribution in [3.8, 4) is 17.6 Å². The number of amides is 2. The second kappa shape index (κ2) is 11.5. The molecule has 3 N–H and O–H groups in total. The molecular formula is C29H24N4O4. The Morgan fingerprint density at radius 1 is 1.03 bits per heavy atom. The van der Waals surface area contributed by atoms with Crippen molar-refractivity contribution in [2.45, 2.75) is 19.4 Å². The average Bonchev–Trinajstić information content (AvgIpc) is 2.93. The molecule has 0 bridgehead atoms. The quantitative estimate of drug-likeness (QED) is 0.236. The zero-order chi connectivity index (χ0) is 26.2. The molecule has 0 heterocycles. The van der Waals surface area contributed by atoms with Crippen LogP contribution in [0.1, 0.15) is 34.8 Å². The Bertz CT molecular complexity index is 1510. The van der Waals surface area contributed by atoms with Gasteiger partial charge in [0, 0.05) is 22.2 Å². The van der Waals surface area contributed by atoms with Crippen molar-refractivity contribution in [3.63, 3.8) is 0 Å². The van der Waals surface area contributed by atoms with Gasteiger partial charge in [-0.15, -0.1) is 0 Å². The number of para-hydroxylation sites is 1. The Morgan fingerprint density at radius 3 is 2.49 bits per heavy atom. The van der Waals surface area contributed by atoms with Gasteiger partial charge in [0.2, 0.25) is 0 Å². The Hall–Kier alpha value is -5.16. The van der Waals surface area contributed by atoms with Gasteiger partial charge in [0.25, 0.3) is 11.8 Å². The largest absolute Gasteiger partial charge is 0.507 e. The van der Waals surface area contributed by atoms with Crippen LogP contribution in [0.15, 0.2) is 90.0 Å². The molecule has 0 aromatic heterocycles. The zero-order valence-corrected chi connectivity index (χ0v) is 20.0. The lowest BCUT2D eigenvalue weighted by molar-refractivity contribution is -0.122. The molecule has 0 aliphatic carbocycles. The van der Waals surface area contributed by atoms with Crippen LogP contribution in [0.5, 0.6) is 11.5 Å². The van der Waals surface area contributed by atoms with Crippen molar-refractivity contribution in [2.75, 3.05) is 5.32 Å². The van der Waals surface area contributed by atoms with Gasteiger partial charge in [0.15, 0.2) is 6.10 Å². The third kappa shape index (κ3) is 5.92. The van der Waals surface area contributed by atoms with Gasteiger partial charge in [-0.05, 0) is 48.2 Å². The van der Waals surface area contributed by atoms with Crippen LogP contribution in [0, 0.1) is 11.3 Å². The molecule has 8 heteroatoms. The summed E-state index contributed by atoms with van der Waals surface area (Å²) in [5, 5.41) is 27.3. The number of carbonyl (C=O) groups excluding carboxylic acids is 2. The molecule has 2 amide bonds. The Balaban J connectivity index is 1.50. The van der Waals surface area contributed by atoms with E-state index in [1.165, 1.54) is 24.4 Å². The summed E-state index contributed by atoms with van der Waals surface area (Å²) in [6, 6.07) is 26.1. The lowest BCUT2D eigenvalue weighted by Crippen LogP contribution is -2.32. The number of fused-ring (bicyclic) bond motifs is 1. The molecule has 4 aromatic rings. The fourth-order valence-corrected chi connectivity index (χ4v) is 3.73. The summed E-state index contributed by atoms with van der Waals surface area (Å²) in [5.41, 5.74) is 3.98. The van der Waals surface area contributed by atoms with Crippen LogP contribution >= 0.6 is 0 Å². The first-order valence-electron chi connectivity index (χ1n) is 11.6. The average molecular weight is 493 g/mol. The predicted octanol–water partition coefficient (Wildman–Crippen LogP) is 4.98. The van der Waals surface area contributed by atoms with E-state index in [1.807, 2.05) is 67.6 Å². The van der Waals surface area contributed by atoms with E-state index in [0.717, 1.165) is 16.3 Å². The molecule has 0 saturated heterocycles. The van der Waals surface area contributed by atoms with Crippen LogP contribution in [0.3, 0.4) is 0 Å². The van der Waals surface area contributed by atoms with Crippen LogP contribution in [0.4, 0.5) is 5.69 Å². The molecule has 0 aliphatic heterocycles. The van der Waals surface area contributed by atoms with Crippen molar-refractivity contribution in [2.24, 2.45) is 5.10 Å². The minimum atomic E-state index is -0.654. The Kier molecular flexibility index (Phi) is 7.76. The molecule has 1 atom stereocenters. The van der Waals surface area contributed by atoms with Crippen molar-refractivity contribution in [3.05, 3.63) is 102 Å². The minimum absolute atomic E-state index is 0.000241. The van der Waals surface area contributed by atoms with Gasteiger partial charge >= 0.3 is 0 Å². The van der Waals surface area contributed by atoms with Gasteiger partial charge in [-0.3, -0.25) is 9.59 Å². The number of rotatable bonds is 8. The third-order valence-corrected chi connectivity index (χ3v) is 5.65. The summed E-state index contributed by atoms with van der Waals surface area (Å²) >= 11 is 0. The van der Waals surface area contributed by atoms with Crippen molar-refractivity contribution in [1.29, 1.82) is 5.26 Å². The maximum atomic E-state index is 13.0. The maximum absolute atomic E-state index is 13.0. The van der Waals surface area contributed by atoms with E-state index in [2.05, 4.69) is 15.8 Å². The van der Waals surface area contributed by atoms with Crippen LogP contribution in [-0.2, 0) is 4.79 Å². The topological polar surface area (TPSA) is 124 Å². The monoisotopic (exact) mass is 492 g/mol. The number of hydrogen-bond donors (Lipinski definition) is 3. The summed E-state index contributed by atoms with van der Waals surface area (Å²) in [4.78, 5) is 25.4. The zero-order valence-electron chi connectivity index (χ0n) is 20.0. The number of ether oxygens (including phenoxy) is 1. The maximum Gasteiger partial charge on any atom is 0.271 e. The molecule has 4 aromatic carbocycles. The van der Waals surface area contributed by atoms with Crippen LogP contribution in [0.2, 0.25) is 0 Å². The molecule has 0 saturated carbocycles. The molecule has 0 radical (unpaired) electrons. The van der Waals surface area contributed by atoms with Gasteiger partial charge in [0.1, 0.15) is 17.6 Å². The number of benzene rings is 4. The van der Waals surface area contributed by atoms with Gasteiger partial charge < -0.3 is 15.2 Å². The summed E-state index contributed by atoms with van der Waals surface area (Å²) in [6.45, 7) is 1.89. The number of nitrogens with one attached hydrogen (secondary N) is 2. The SMILES string of the molecule is CCC(Oc1ccccc1)C(=O)Nc1ccc(C=NNC(=O)c2ccc(O)c(C#N)c2)c2ccccc12. The highest BCUT2D eigenvalue weighted by Crippen LogP contribution is 2.27. The highest BCUT2D eigenvalue weighted by Gasteiger charge is 2.19. The normalized spacial score (nSPS) is 11.6. The predicted molar refractivity (Wildman–Crippen MR) is 142 cm³/mol. The van der Waals surface area contributed by atoms with Gasteiger partial charge in [-0.1, -0.05) is 55.5 Å². The van der Waals surface area contributed by atoms with Crippen molar-refractivity contribution >= 4 is 34.5 Å². The van der Waals surface area contributed by atoms with Crippen LogP contribution in [0.25, 0.3) is 10.8 Å². The molecule has 8 nitrogen and oxygen atoms in total. The van der Waals surface area contributed by atoms with E-state index in [1.54, 1.807) is 12.1 Å². The van der Waals surface area contributed by atoms with Gasteiger partial charge in [-0.25, -0.2) is 5.43 Å². The standard InChI is InChI=1S/C29H24N4O4/c1-2-27(37-22-8-4-3-5-9-22)29(36)32-25-14-12-20(23-10-6-7-11-24(23)25)18-31-33-28(35)19-13-15-26(34)21(16-19)17-30/h3-16,18,27,34H,2H2,1H3,(H,32,36)(H,33,35). The van der Waals surface area contributed by atoms with Crippen molar-refractivity contribution < 1.29 is 19.4 Å². The first kappa shape index (κ1) is 24.9. The lowest BCUT2D eigenvalue weighted by Gasteiger charge is -2.18. The molecule has 0 fully saturated rings. The number of phenolic OH excluding ortho intramolecular Hbond substituents is 1. The number of anilines is 1. The van der Waals surface area contributed by atoms with Crippen LogP contribution in [-0.4, -0.2) is 29.2 Å². The number of nitriles is 1. The first-order valence-corrected chi connectivity index (χ1v) is 11.6.